The van der Waals surface area contributed by atoms with Crippen LogP contribution in [0.2, 0.25) is 5.02 Å². The number of hydrogen-bond acceptors (Lipinski definition) is 3. The van der Waals surface area contributed by atoms with Gasteiger partial charge in [0.2, 0.25) is 0 Å². The summed E-state index contributed by atoms with van der Waals surface area (Å²) in [4.78, 5) is 13.2. The molecule has 3 aromatic rings. The number of phenolic OH excluding ortho intramolecular Hbond substituents is 1. The number of rotatable bonds is 3. The van der Waals surface area contributed by atoms with Crippen LogP contribution in [0.4, 0.5) is 0 Å². The predicted molar refractivity (Wildman–Crippen MR) is 111 cm³/mol. The van der Waals surface area contributed by atoms with Crippen molar-refractivity contribution in [1.29, 1.82) is 0 Å². The lowest BCUT2D eigenvalue weighted by molar-refractivity contribution is 0.0711. The molecule has 0 unspecified atom stereocenters. The molecule has 140 valence electrons. The zero-order chi connectivity index (χ0) is 19.7. The summed E-state index contributed by atoms with van der Waals surface area (Å²) in [6, 6.07) is 21.8. The van der Waals surface area contributed by atoms with Crippen molar-refractivity contribution < 1.29 is 9.90 Å². The van der Waals surface area contributed by atoms with Crippen LogP contribution >= 0.6 is 11.6 Å². The van der Waals surface area contributed by atoms with Gasteiger partial charge < -0.3 is 5.11 Å². The normalized spacial score (nSPS) is 16.1. The Balaban J connectivity index is 1.77. The number of phenols is 1. The van der Waals surface area contributed by atoms with Crippen LogP contribution in [0.25, 0.3) is 0 Å². The van der Waals surface area contributed by atoms with Crippen molar-refractivity contribution in [2.24, 2.45) is 5.10 Å². The van der Waals surface area contributed by atoms with Crippen LogP contribution < -0.4 is 0 Å². The average Bonchev–Trinajstić information content (AvgIpc) is 3.15. The number of aromatic hydroxyl groups is 1. The maximum atomic E-state index is 13.2. The van der Waals surface area contributed by atoms with Gasteiger partial charge in [0.1, 0.15) is 5.75 Å². The quantitative estimate of drug-likeness (QED) is 0.655. The van der Waals surface area contributed by atoms with Crippen LogP contribution in [0, 0.1) is 6.92 Å². The Labute approximate surface area is 168 Å². The molecule has 1 N–H and O–H groups in total. The lowest BCUT2D eigenvalue weighted by atomic mass is 9.97. The Hall–Kier alpha value is -3.11. The summed E-state index contributed by atoms with van der Waals surface area (Å²) in [5, 5.41) is 16.9. The van der Waals surface area contributed by atoms with Crippen LogP contribution in [0.15, 0.2) is 77.9 Å². The third kappa shape index (κ3) is 3.51. The highest BCUT2D eigenvalue weighted by molar-refractivity contribution is 6.31. The van der Waals surface area contributed by atoms with Crippen LogP contribution in [-0.2, 0) is 0 Å². The maximum absolute atomic E-state index is 13.2. The Morgan fingerprint density at radius 3 is 2.50 bits per heavy atom. The molecule has 1 aliphatic rings. The standard InChI is InChI=1S/C23H19ClN2O2/c1-15-7-9-16(10-8-15)21-14-20(19-13-18(24)11-12-22(19)27)25-26(21)23(28)17-5-3-2-4-6-17/h2-13,21,27H,14H2,1H3/t21-/m1/s1. The number of aryl methyl sites for hydroxylation is 1. The largest absolute Gasteiger partial charge is 0.507 e. The highest BCUT2D eigenvalue weighted by Crippen LogP contribution is 2.36. The topological polar surface area (TPSA) is 52.9 Å². The molecule has 3 aromatic carbocycles. The van der Waals surface area contributed by atoms with Crippen molar-refractivity contribution in [2.75, 3.05) is 0 Å². The summed E-state index contributed by atoms with van der Waals surface area (Å²) >= 11 is 6.11. The van der Waals surface area contributed by atoms with Gasteiger partial charge in [-0.3, -0.25) is 4.79 Å². The monoisotopic (exact) mass is 390 g/mol. The fourth-order valence-corrected chi connectivity index (χ4v) is 3.53. The molecule has 0 aliphatic carbocycles. The van der Waals surface area contributed by atoms with Crippen LogP contribution in [0.3, 0.4) is 0 Å². The minimum absolute atomic E-state index is 0.0971. The summed E-state index contributed by atoms with van der Waals surface area (Å²) < 4.78 is 0. The number of amides is 1. The van der Waals surface area contributed by atoms with Gasteiger partial charge in [0.05, 0.1) is 11.8 Å². The van der Waals surface area contributed by atoms with E-state index in [0.29, 0.717) is 28.3 Å². The second kappa shape index (κ2) is 7.49. The first kappa shape index (κ1) is 18.3. The molecule has 0 fully saturated rings. The number of carbonyl (C=O) groups excluding carboxylic acids is 1. The Morgan fingerprint density at radius 2 is 1.79 bits per heavy atom. The predicted octanol–water partition coefficient (Wildman–Crippen LogP) is 5.35. The van der Waals surface area contributed by atoms with E-state index >= 15 is 0 Å². The van der Waals surface area contributed by atoms with Crippen molar-refractivity contribution >= 4 is 23.2 Å². The van der Waals surface area contributed by atoms with E-state index in [-0.39, 0.29) is 17.7 Å². The molecule has 1 atom stereocenters. The molecule has 0 spiro atoms. The number of halogens is 1. The van der Waals surface area contributed by atoms with Crippen LogP contribution in [0.5, 0.6) is 5.75 Å². The van der Waals surface area contributed by atoms with Gasteiger partial charge in [-0.1, -0.05) is 59.6 Å². The Bertz CT molecular complexity index is 1050. The molecule has 5 heteroatoms. The molecule has 0 aromatic heterocycles. The van der Waals surface area contributed by atoms with E-state index in [1.54, 1.807) is 30.3 Å². The van der Waals surface area contributed by atoms with Crippen molar-refractivity contribution in [3.05, 3.63) is 100 Å². The van der Waals surface area contributed by atoms with Crippen LogP contribution in [0.1, 0.15) is 39.5 Å². The minimum Gasteiger partial charge on any atom is -0.507 e. The van der Waals surface area contributed by atoms with E-state index in [4.69, 9.17) is 11.6 Å². The van der Waals surface area contributed by atoms with E-state index < -0.39 is 0 Å². The van der Waals surface area contributed by atoms with E-state index in [2.05, 4.69) is 5.10 Å². The van der Waals surface area contributed by atoms with Gasteiger partial charge in [-0.2, -0.15) is 5.10 Å². The van der Waals surface area contributed by atoms with Gasteiger partial charge in [0.15, 0.2) is 0 Å². The van der Waals surface area contributed by atoms with Crippen molar-refractivity contribution in [1.82, 2.24) is 5.01 Å². The van der Waals surface area contributed by atoms with Crippen LogP contribution in [-0.4, -0.2) is 21.7 Å². The van der Waals surface area contributed by atoms with Gasteiger partial charge in [0.25, 0.3) is 5.91 Å². The second-order valence-corrected chi connectivity index (χ2v) is 7.29. The molecule has 1 amide bonds. The van der Waals surface area contributed by atoms with E-state index in [1.807, 2.05) is 49.4 Å². The number of hydrogen-bond donors (Lipinski definition) is 1. The molecule has 4 nitrogen and oxygen atoms in total. The van der Waals surface area contributed by atoms with E-state index in [9.17, 15) is 9.90 Å². The van der Waals surface area contributed by atoms with E-state index in [0.717, 1.165) is 11.1 Å². The van der Waals surface area contributed by atoms with E-state index in [1.165, 1.54) is 5.01 Å². The molecule has 28 heavy (non-hydrogen) atoms. The third-order valence-electron chi connectivity index (χ3n) is 4.87. The molecular weight excluding hydrogens is 372 g/mol. The van der Waals surface area contributed by atoms with Gasteiger partial charge in [-0.15, -0.1) is 0 Å². The van der Waals surface area contributed by atoms with Gasteiger partial charge >= 0.3 is 0 Å². The smallest absolute Gasteiger partial charge is 0.274 e. The number of nitrogens with zero attached hydrogens (tertiary/aromatic N) is 2. The summed E-state index contributed by atoms with van der Waals surface area (Å²) in [6.45, 7) is 2.03. The number of hydrazone groups is 1. The molecule has 1 heterocycles. The first-order valence-electron chi connectivity index (χ1n) is 9.04. The Morgan fingerprint density at radius 1 is 1.07 bits per heavy atom. The summed E-state index contributed by atoms with van der Waals surface area (Å²) in [6.07, 6.45) is 0.496. The molecule has 0 saturated carbocycles. The third-order valence-corrected chi connectivity index (χ3v) is 5.11. The summed E-state index contributed by atoms with van der Waals surface area (Å²) in [5.41, 5.74) is 3.90. The lowest BCUT2D eigenvalue weighted by Crippen LogP contribution is -2.27. The van der Waals surface area contributed by atoms with Crippen molar-refractivity contribution in [3.63, 3.8) is 0 Å². The zero-order valence-corrected chi connectivity index (χ0v) is 16.1. The number of benzene rings is 3. The second-order valence-electron chi connectivity index (χ2n) is 6.85. The van der Waals surface area contributed by atoms with Crippen molar-refractivity contribution in [3.8, 4) is 5.75 Å². The maximum Gasteiger partial charge on any atom is 0.274 e. The fourth-order valence-electron chi connectivity index (χ4n) is 3.36. The molecule has 0 saturated heterocycles. The number of carbonyl (C=O) groups is 1. The molecule has 1 aliphatic heterocycles. The average molecular weight is 391 g/mol. The summed E-state index contributed by atoms with van der Waals surface area (Å²) in [7, 11) is 0. The highest BCUT2D eigenvalue weighted by Gasteiger charge is 2.34. The highest BCUT2D eigenvalue weighted by atomic mass is 35.5. The first-order valence-corrected chi connectivity index (χ1v) is 9.42. The fraction of sp³-hybridized carbons (Fsp3) is 0.130. The SMILES string of the molecule is Cc1ccc([C@H]2CC(c3cc(Cl)ccc3O)=NN2C(=O)c2ccccc2)cc1. The Kier molecular flexibility index (Phi) is 4.88. The molecule has 0 radical (unpaired) electrons. The molecule has 0 bridgehead atoms. The van der Waals surface area contributed by atoms with Gasteiger partial charge in [-0.25, -0.2) is 5.01 Å². The minimum atomic E-state index is -0.248. The first-order chi connectivity index (χ1) is 13.5. The van der Waals surface area contributed by atoms with Crippen molar-refractivity contribution in [2.45, 2.75) is 19.4 Å². The van der Waals surface area contributed by atoms with Gasteiger partial charge in [-0.05, 0) is 42.8 Å². The molecule has 4 rings (SSSR count). The lowest BCUT2D eigenvalue weighted by Gasteiger charge is -2.22. The van der Waals surface area contributed by atoms with Gasteiger partial charge in [0, 0.05) is 22.6 Å². The zero-order valence-electron chi connectivity index (χ0n) is 15.3. The molecular formula is C23H19ClN2O2. The summed E-state index contributed by atoms with van der Waals surface area (Å²) in [5.74, 6) is -0.0810.